The Bertz CT molecular complexity index is 429. The maximum atomic E-state index is 10.9. The second-order valence-corrected chi connectivity index (χ2v) is 3.53. The third kappa shape index (κ3) is 3.24. The van der Waals surface area contributed by atoms with E-state index in [-0.39, 0.29) is 0 Å². The molecule has 0 saturated heterocycles. The van der Waals surface area contributed by atoms with Crippen LogP contribution in [-0.2, 0) is 9.63 Å². The van der Waals surface area contributed by atoms with Crippen LogP contribution in [0.15, 0.2) is 23.4 Å². The summed E-state index contributed by atoms with van der Waals surface area (Å²) in [6.45, 7) is 3.07. The highest BCUT2D eigenvalue weighted by Crippen LogP contribution is 2.24. The first kappa shape index (κ1) is 12.5. The zero-order valence-electron chi connectivity index (χ0n) is 9.28. The van der Waals surface area contributed by atoms with E-state index in [1.165, 1.54) is 14.0 Å². The first-order chi connectivity index (χ1) is 7.54. The van der Waals surface area contributed by atoms with Crippen molar-refractivity contribution in [3.05, 3.63) is 28.8 Å². The highest BCUT2D eigenvalue weighted by Gasteiger charge is 2.10. The number of carbonyl (C=O) groups excluding carboxylic acids is 1. The molecule has 0 aromatic heterocycles. The van der Waals surface area contributed by atoms with Gasteiger partial charge in [-0.15, -0.1) is 0 Å². The summed E-state index contributed by atoms with van der Waals surface area (Å²) in [5.41, 5.74) is 1.21. The quantitative estimate of drug-likeness (QED) is 0.354. The van der Waals surface area contributed by atoms with Crippen LogP contribution in [0, 0.1) is 0 Å². The van der Waals surface area contributed by atoms with Gasteiger partial charge >= 0.3 is 5.97 Å². The summed E-state index contributed by atoms with van der Waals surface area (Å²) < 4.78 is 5.03. The average Bonchev–Trinajstić information content (AvgIpc) is 2.20. The van der Waals surface area contributed by atoms with Gasteiger partial charge in [0.15, 0.2) is 0 Å². The van der Waals surface area contributed by atoms with Gasteiger partial charge in [0.05, 0.1) is 5.71 Å². The Kier molecular flexibility index (Phi) is 4.31. The van der Waals surface area contributed by atoms with Crippen molar-refractivity contribution in [2.75, 3.05) is 7.11 Å². The normalized spacial score (nSPS) is 11.1. The molecular formula is C11H12ClNO3. The van der Waals surface area contributed by atoms with E-state index in [9.17, 15) is 4.79 Å². The van der Waals surface area contributed by atoms with Gasteiger partial charge in [0, 0.05) is 17.5 Å². The number of hydrogen-bond donors (Lipinski definition) is 0. The van der Waals surface area contributed by atoms with E-state index in [0.717, 1.165) is 0 Å². The van der Waals surface area contributed by atoms with E-state index < -0.39 is 5.97 Å². The van der Waals surface area contributed by atoms with Crippen LogP contribution in [-0.4, -0.2) is 18.8 Å². The maximum absolute atomic E-state index is 10.9. The molecule has 16 heavy (non-hydrogen) atoms. The second kappa shape index (κ2) is 5.51. The lowest BCUT2D eigenvalue weighted by molar-refractivity contribution is -0.131. The number of carbonyl (C=O) groups is 1. The number of nitrogens with zero attached hydrogens (tertiary/aromatic N) is 1. The molecule has 1 aromatic rings. The summed E-state index contributed by atoms with van der Waals surface area (Å²) in [4.78, 5) is 15.6. The SMILES string of the molecule is CO/N=C(\C)c1cc(Cl)ccc1OC(C)=O. The Morgan fingerprint density at radius 1 is 1.38 bits per heavy atom. The molecule has 4 nitrogen and oxygen atoms in total. The van der Waals surface area contributed by atoms with Crippen molar-refractivity contribution < 1.29 is 14.4 Å². The number of ether oxygens (including phenoxy) is 1. The van der Waals surface area contributed by atoms with Gasteiger partial charge in [-0.1, -0.05) is 16.8 Å². The minimum Gasteiger partial charge on any atom is -0.426 e. The van der Waals surface area contributed by atoms with Gasteiger partial charge in [-0.25, -0.2) is 0 Å². The maximum Gasteiger partial charge on any atom is 0.308 e. The van der Waals surface area contributed by atoms with Gasteiger partial charge < -0.3 is 9.57 Å². The Hall–Kier alpha value is -1.55. The van der Waals surface area contributed by atoms with Crippen molar-refractivity contribution in [3.8, 4) is 5.75 Å². The Morgan fingerprint density at radius 3 is 2.62 bits per heavy atom. The van der Waals surface area contributed by atoms with Crippen LogP contribution in [0.2, 0.25) is 5.02 Å². The largest absolute Gasteiger partial charge is 0.426 e. The van der Waals surface area contributed by atoms with E-state index in [1.54, 1.807) is 25.1 Å². The molecule has 0 bridgehead atoms. The molecule has 0 fully saturated rings. The topological polar surface area (TPSA) is 47.9 Å². The fourth-order valence-electron chi connectivity index (χ4n) is 1.21. The fraction of sp³-hybridized carbons (Fsp3) is 0.273. The van der Waals surface area contributed by atoms with Gasteiger partial charge in [-0.3, -0.25) is 4.79 Å². The van der Waals surface area contributed by atoms with Gasteiger partial charge in [0.1, 0.15) is 12.9 Å². The molecule has 0 amide bonds. The van der Waals surface area contributed by atoms with E-state index in [1.807, 2.05) is 0 Å². The van der Waals surface area contributed by atoms with Crippen LogP contribution < -0.4 is 4.74 Å². The summed E-state index contributed by atoms with van der Waals surface area (Å²) in [6, 6.07) is 4.93. The van der Waals surface area contributed by atoms with Crippen LogP contribution in [0.3, 0.4) is 0 Å². The van der Waals surface area contributed by atoms with E-state index in [2.05, 4.69) is 9.99 Å². The van der Waals surface area contributed by atoms with Crippen LogP contribution in [0.5, 0.6) is 5.75 Å². The standard InChI is InChI=1S/C11H12ClNO3/c1-7(13-15-3)10-6-9(12)4-5-11(10)16-8(2)14/h4-6H,1-3H3/b13-7+. The van der Waals surface area contributed by atoms with E-state index >= 15 is 0 Å². The van der Waals surface area contributed by atoms with Gasteiger partial charge in [0.2, 0.25) is 0 Å². The molecule has 1 rings (SSSR count). The first-order valence-electron chi connectivity index (χ1n) is 4.60. The lowest BCUT2D eigenvalue weighted by atomic mass is 10.1. The Morgan fingerprint density at radius 2 is 2.06 bits per heavy atom. The third-order valence-corrected chi connectivity index (χ3v) is 2.05. The van der Waals surface area contributed by atoms with E-state index in [0.29, 0.717) is 22.0 Å². The molecule has 0 aliphatic rings. The summed E-state index contributed by atoms with van der Waals surface area (Å²) in [5, 5.41) is 4.31. The number of benzene rings is 1. The highest BCUT2D eigenvalue weighted by molar-refractivity contribution is 6.31. The van der Waals surface area contributed by atoms with Crippen molar-refractivity contribution in [1.29, 1.82) is 0 Å². The second-order valence-electron chi connectivity index (χ2n) is 3.09. The van der Waals surface area contributed by atoms with Gasteiger partial charge in [-0.05, 0) is 25.1 Å². The lowest BCUT2D eigenvalue weighted by Gasteiger charge is -2.08. The molecule has 1 aromatic carbocycles. The van der Waals surface area contributed by atoms with Crippen molar-refractivity contribution in [1.82, 2.24) is 0 Å². The van der Waals surface area contributed by atoms with Crippen molar-refractivity contribution in [2.24, 2.45) is 5.16 Å². The summed E-state index contributed by atoms with van der Waals surface area (Å²) in [7, 11) is 1.44. The Labute approximate surface area is 98.8 Å². The molecule has 0 saturated carbocycles. The zero-order valence-corrected chi connectivity index (χ0v) is 10.0. The third-order valence-electron chi connectivity index (χ3n) is 1.81. The molecule has 0 atom stereocenters. The zero-order chi connectivity index (χ0) is 12.1. The average molecular weight is 242 g/mol. The number of hydrogen-bond acceptors (Lipinski definition) is 4. The van der Waals surface area contributed by atoms with Crippen LogP contribution in [0.4, 0.5) is 0 Å². The molecule has 0 heterocycles. The van der Waals surface area contributed by atoms with Crippen molar-refractivity contribution >= 4 is 23.3 Å². The van der Waals surface area contributed by atoms with Crippen molar-refractivity contribution in [3.63, 3.8) is 0 Å². The fourth-order valence-corrected chi connectivity index (χ4v) is 1.39. The molecule has 0 N–H and O–H groups in total. The number of oxime groups is 1. The smallest absolute Gasteiger partial charge is 0.308 e. The number of halogens is 1. The summed E-state index contributed by atoms with van der Waals surface area (Å²) >= 11 is 5.86. The highest BCUT2D eigenvalue weighted by atomic mass is 35.5. The first-order valence-corrected chi connectivity index (χ1v) is 4.98. The summed E-state index contributed by atoms with van der Waals surface area (Å²) in [5.74, 6) is 0.0176. The van der Waals surface area contributed by atoms with Gasteiger partial charge in [0.25, 0.3) is 0 Å². The van der Waals surface area contributed by atoms with Crippen LogP contribution in [0.25, 0.3) is 0 Å². The van der Waals surface area contributed by atoms with Crippen LogP contribution in [0.1, 0.15) is 19.4 Å². The van der Waals surface area contributed by atoms with Gasteiger partial charge in [-0.2, -0.15) is 0 Å². The molecule has 0 spiro atoms. The molecule has 86 valence electrons. The molecule has 5 heteroatoms. The predicted octanol–water partition coefficient (Wildman–Crippen LogP) is 2.64. The van der Waals surface area contributed by atoms with Crippen LogP contribution >= 0.6 is 11.6 Å². The number of rotatable bonds is 3. The molecule has 0 aliphatic heterocycles. The lowest BCUT2D eigenvalue weighted by Crippen LogP contribution is -2.06. The molecule has 0 aliphatic carbocycles. The summed E-state index contributed by atoms with van der Waals surface area (Å²) in [6.07, 6.45) is 0. The molecular weight excluding hydrogens is 230 g/mol. The monoisotopic (exact) mass is 241 g/mol. The minimum absolute atomic E-state index is 0.395. The minimum atomic E-state index is -0.395. The predicted molar refractivity (Wildman–Crippen MR) is 62.0 cm³/mol. The van der Waals surface area contributed by atoms with Crippen molar-refractivity contribution in [2.45, 2.75) is 13.8 Å². The number of esters is 1. The Balaban J connectivity index is 3.17. The molecule has 0 unspecified atom stereocenters. The van der Waals surface area contributed by atoms with E-state index in [4.69, 9.17) is 16.3 Å². The molecule has 0 radical (unpaired) electrons.